The first-order valence-corrected chi connectivity index (χ1v) is 9.15. The lowest BCUT2D eigenvalue weighted by Crippen LogP contribution is -2.42. The molecular formula is C17H14Cl3N3O4. The van der Waals surface area contributed by atoms with Gasteiger partial charge in [0, 0.05) is 11.4 Å². The molecule has 1 unspecified atom stereocenters. The van der Waals surface area contributed by atoms with Crippen LogP contribution in [0.25, 0.3) is 0 Å². The molecule has 1 aliphatic rings. The SMILES string of the molecule is COC(=O)C1(Cc2nc(Cl)nc(Cl)c2[N+](=O)[O-])CCCc2ccc(Cl)cc21. The van der Waals surface area contributed by atoms with E-state index in [2.05, 4.69) is 9.97 Å². The summed E-state index contributed by atoms with van der Waals surface area (Å²) in [5.41, 5.74) is -0.0705. The van der Waals surface area contributed by atoms with Gasteiger partial charge in [0.05, 0.1) is 17.4 Å². The number of fused-ring (bicyclic) bond motifs is 1. The number of esters is 1. The van der Waals surface area contributed by atoms with E-state index >= 15 is 0 Å². The van der Waals surface area contributed by atoms with Crippen molar-refractivity contribution in [2.45, 2.75) is 31.1 Å². The standard InChI is InChI=1S/C17H14Cl3N3O4/c1-27-15(24)17(6-2-3-9-4-5-10(18)7-11(9)17)8-12-13(23(25)26)14(19)22-16(20)21-12/h4-5,7H,2-3,6,8H2,1H3. The van der Waals surface area contributed by atoms with E-state index in [-0.39, 0.29) is 22.6 Å². The van der Waals surface area contributed by atoms with Gasteiger partial charge in [0.1, 0.15) is 5.69 Å². The quantitative estimate of drug-likeness (QED) is 0.235. The fraction of sp³-hybridized carbons (Fsp3) is 0.353. The van der Waals surface area contributed by atoms with Crippen LogP contribution >= 0.6 is 34.8 Å². The van der Waals surface area contributed by atoms with Gasteiger partial charge in [0.15, 0.2) is 0 Å². The molecule has 2 aromatic rings. The second-order valence-electron chi connectivity index (χ2n) is 6.24. The third-order valence-electron chi connectivity index (χ3n) is 4.75. The van der Waals surface area contributed by atoms with Gasteiger partial charge in [0.25, 0.3) is 0 Å². The summed E-state index contributed by atoms with van der Waals surface area (Å²) in [7, 11) is 1.28. The second kappa shape index (κ2) is 7.58. The van der Waals surface area contributed by atoms with Crippen LogP contribution in [0.2, 0.25) is 15.5 Å². The molecule has 10 heteroatoms. The number of methoxy groups -OCH3 is 1. The molecule has 1 aromatic heterocycles. The van der Waals surface area contributed by atoms with Gasteiger partial charge in [-0.15, -0.1) is 0 Å². The maximum Gasteiger partial charge on any atom is 0.327 e. The van der Waals surface area contributed by atoms with Crippen LogP contribution in [-0.2, 0) is 27.8 Å². The molecule has 0 fully saturated rings. The van der Waals surface area contributed by atoms with Crippen molar-refractivity contribution in [2.75, 3.05) is 7.11 Å². The summed E-state index contributed by atoms with van der Waals surface area (Å²) in [6, 6.07) is 5.29. The van der Waals surface area contributed by atoms with Gasteiger partial charge in [0.2, 0.25) is 10.4 Å². The first-order chi connectivity index (χ1) is 12.8. The zero-order valence-electron chi connectivity index (χ0n) is 14.2. The summed E-state index contributed by atoms with van der Waals surface area (Å²) in [5, 5.41) is 11.3. The number of aryl methyl sites for hydroxylation is 1. The lowest BCUT2D eigenvalue weighted by molar-refractivity contribution is -0.386. The maximum absolute atomic E-state index is 12.9. The van der Waals surface area contributed by atoms with Crippen LogP contribution in [0, 0.1) is 10.1 Å². The molecule has 142 valence electrons. The van der Waals surface area contributed by atoms with Crippen molar-refractivity contribution >= 4 is 46.5 Å². The van der Waals surface area contributed by atoms with E-state index in [1.807, 2.05) is 6.07 Å². The van der Waals surface area contributed by atoms with E-state index in [1.165, 1.54) is 7.11 Å². The Morgan fingerprint density at radius 1 is 1.33 bits per heavy atom. The predicted octanol–water partition coefficient (Wildman–Crippen LogP) is 4.33. The highest BCUT2D eigenvalue weighted by Crippen LogP contribution is 2.43. The van der Waals surface area contributed by atoms with Crippen molar-refractivity contribution in [3.63, 3.8) is 0 Å². The van der Waals surface area contributed by atoms with Gasteiger partial charge in [-0.1, -0.05) is 29.3 Å². The average molecular weight is 431 g/mol. The number of nitrogens with zero attached hydrogens (tertiary/aromatic N) is 3. The first-order valence-electron chi connectivity index (χ1n) is 8.02. The molecule has 1 aliphatic carbocycles. The number of rotatable bonds is 4. The van der Waals surface area contributed by atoms with E-state index in [4.69, 9.17) is 39.5 Å². The Morgan fingerprint density at radius 2 is 2.07 bits per heavy atom. The molecule has 0 N–H and O–H groups in total. The number of hydrogen-bond donors (Lipinski definition) is 0. The summed E-state index contributed by atoms with van der Waals surface area (Å²) in [4.78, 5) is 31.3. The van der Waals surface area contributed by atoms with Gasteiger partial charge in [-0.3, -0.25) is 14.9 Å². The molecule has 0 bridgehead atoms. The minimum Gasteiger partial charge on any atom is -0.468 e. The van der Waals surface area contributed by atoms with Crippen LogP contribution < -0.4 is 0 Å². The zero-order valence-corrected chi connectivity index (χ0v) is 16.4. The summed E-state index contributed by atoms with van der Waals surface area (Å²) in [6.07, 6.45) is 1.78. The number of hydrogen-bond acceptors (Lipinski definition) is 6. The number of nitro groups is 1. The minimum atomic E-state index is -1.18. The lowest BCUT2D eigenvalue weighted by atomic mass is 9.67. The Labute approximate surface area is 169 Å². The number of ether oxygens (including phenoxy) is 1. The average Bonchev–Trinajstić information content (AvgIpc) is 2.60. The van der Waals surface area contributed by atoms with Crippen LogP contribution in [0.3, 0.4) is 0 Å². The van der Waals surface area contributed by atoms with Crippen molar-refractivity contribution < 1.29 is 14.5 Å². The molecule has 1 heterocycles. The van der Waals surface area contributed by atoms with E-state index in [1.54, 1.807) is 12.1 Å². The Morgan fingerprint density at radius 3 is 2.74 bits per heavy atom. The highest BCUT2D eigenvalue weighted by Gasteiger charge is 2.46. The number of halogens is 3. The van der Waals surface area contributed by atoms with Gasteiger partial charge < -0.3 is 4.74 Å². The van der Waals surface area contributed by atoms with Gasteiger partial charge >= 0.3 is 11.7 Å². The Balaban J connectivity index is 2.23. The number of benzene rings is 1. The Kier molecular flexibility index (Phi) is 5.55. The molecule has 0 saturated heterocycles. The van der Waals surface area contributed by atoms with Crippen LogP contribution in [0.5, 0.6) is 0 Å². The molecule has 7 nitrogen and oxygen atoms in total. The molecule has 0 aliphatic heterocycles. The summed E-state index contributed by atoms with van der Waals surface area (Å²) in [5.74, 6) is -0.522. The van der Waals surface area contributed by atoms with Crippen molar-refractivity contribution in [2.24, 2.45) is 0 Å². The largest absolute Gasteiger partial charge is 0.468 e. The summed E-state index contributed by atoms with van der Waals surface area (Å²) >= 11 is 17.9. The van der Waals surface area contributed by atoms with Crippen molar-refractivity contribution in [1.82, 2.24) is 9.97 Å². The fourth-order valence-corrected chi connectivity index (χ4v) is 4.28. The second-order valence-corrected chi connectivity index (χ2v) is 7.37. The highest BCUT2D eigenvalue weighted by molar-refractivity contribution is 6.33. The van der Waals surface area contributed by atoms with E-state index in [9.17, 15) is 14.9 Å². The van der Waals surface area contributed by atoms with E-state index in [0.717, 1.165) is 12.0 Å². The molecule has 0 saturated carbocycles. The van der Waals surface area contributed by atoms with Crippen molar-refractivity contribution in [3.05, 3.63) is 60.6 Å². The molecule has 1 atom stereocenters. The molecule has 0 spiro atoms. The normalized spacial score (nSPS) is 18.7. The molecule has 0 amide bonds. The summed E-state index contributed by atoms with van der Waals surface area (Å²) in [6.45, 7) is 0. The highest BCUT2D eigenvalue weighted by atomic mass is 35.5. The molecule has 3 rings (SSSR count). The van der Waals surface area contributed by atoms with Gasteiger partial charge in [-0.2, -0.15) is 4.98 Å². The zero-order chi connectivity index (χ0) is 19.8. The summed E-state index contributed by atoms with van der Waals surface area (Å²) < 4.78 is 5.06. The van der Waals surface area contributed by atoms with Crippen LogP contribution in [0.4, 0.5) is 5.69 Å². The Bertz CT molecular complexity index is 938. The molecular weight excluding hydrogens is 417 g/mol. The Hall–Kier alpha value is -1.96. The van der Waals surface area contributed by atoms with Gasteiger partial charge in [-0.25, -0.2) is 4.98 Å². The third-order valence-corrected chi connectivity index (χ3v) is 5.42. The van der Waals surface area contributed by atoms with Crippen LogP contribution in [-0.4, -0.2) is 28.0 Å². The smallest absolute Gasteiger partial charge is 0.327 e. The monoisotopic (exact) mass is 429 g/mol. The maximum atomic E-state index is 12.9. The lowest BCUT2D eigenvalue weighted by Gasteiger charge is -2.36. The van der Waals surface area contributed by atoms with Crippen LogP contribution in [0.15, 0.2) is 18.2 Å². The minimum absolute atomic E-state index is 0.0248. The molecule has 1 aromatic carbocycles. The van der Waals surface area contributed by atoms with E-state index < -0.39 is 22.0 Å². The number of carbonyl (C=O) groups excluding carboxylic acids is 1. The fourth-order valence-electron chi connectivity index (χ4n) is 3.62. The van der Waals surface area contributed by atoms with Crippen LogP contribution in [0.1, 0.15) is 29.7 Å². The van der Waals surface area contributed by atoms with E-state index in [0.29, 0.717) is 23.4 Å². The number of aromatic nitrogens is 2. The third kappa shape index (κ3) is 3.59. The van der Waals surface area contributed by atoms with Crippen molar-refractivity contribution in [1.29, 1.82) is 0 Å². The first kappa shape index (κ1) is 19.8. The predicted molar refractivity (Wildman–Crippen MR) is 100 cm³/mol. The molecule has 27 heavy (non-hydrogen) atoms. The topological polar surface area (TPSA) is 95.2 Å². The molecule has 0 radical (unpaired) electrons. The van der Waals surface area contributed by atoms with Gasteiger partial charge in [-0.05, 0) is 54.1 Å². The number of carbonyl (C=O) groups is 1. The van der Waals surface area contributed by atoms with Crippen molar-refractivity contribution in [3.8, 4) is 0 Å².